The van der Waals surface area contributed by atoms with Crippen LogP contribution >= 0.6 is 0 Å². The first-order valence-electron chi connectivity index (χ1n) is 10.6. The fraction of sp³-hybridized carbons (Fsp3) is 0.308. The van der Waals surface area contributed by atoms with Gasteiger partial charge in [-0.1, -0.05) is 25.1 Å². The molecular formula is C26H30N4O3. The highest BCUT2D eigenvalue weighted by molar-refractivity contribution is 5.97. The third kappa shape index (κ3) is 7.32. The predicted octanol–water partition coefficient (Wildman–Crippen LogP) is 5.52. The van der Waals surface area contributed by atoms with Gasteiger partial charge in [-0.2, -0.15) is 5.26 Å². The zero-order valence-corrected chi connectivity index (χ0v) is 19.5. The predicted molar refractivity (Wildman–Crippen MR) is 129 cm³/mol. The van der Waals surface area contributed by atoms with Gasteiger partial charge in [0.1, 0.15) is 5.60 Å². The summed E-state index contributed by atoms with van der Waals surface area (Å²) in [4.78, 5) is 29.1. The van der Waals surface area contributed by atoms with Gasteiger partial charge in [-0.3, -0.25) is 9.78 Å². The largest absolute Gasteiger partial charge is 0.444 e. The molecule has 0 radical (unpaired) electrons. The van der Waals surface area contributed by atoms with Crippen molar-refractivity contribution < 1.29 is 14.3 Å². The lowest BCUT2D eigenvalue weighted by atomic mass is 9.98. The Labute approximate surface area is 195 Å². The summed E-state index contributed by atoms with van der Waals surface area (Å²) in [7, 11) is 0. The number of nitrogens with one attached hydrogen (secondary N) is 2. The summed E-state index contributed by atoms with van der Waals surface area (Å²) in [5, 5.41) is 15.0. The number of nitrogens with zero attached hydrogens (tertiary/aromatic N) is 2. The standard InChI is InChI=1S/C26H30N4O3/c1-7-9-22(30-25(32)33-26(4,5)6)20-13-19(15-28-16-20)21-11-10-18(14-27)12-23(21)29-24(31)17(3)8-2/h7-8,10-13,15-17,22H,1-2,9H2,3-6H3,(H,29,31)(H,30,32). The molecule has 0 spiro atoms. The van der Waals surface area contributed by atoms with E-state index in [0.29, 0.717) is 23.2 Å². The molecule has 7 heteroatoms. The molecule has 1 aromatic carbocycles. The topological polar surface area (TPSA) is 104 Å². The van der Waals surface area contributed by atoms with E-state index in [4.69, 9.17) is 4.74 Å². The van der Waals surface area contributed by atoms with Gasteiger partial charge in [0.05, 0.1) is 23.6 Å². The number of carbonyl (C=O) groups excluding carboxylic acids is 2. The first-order valence-corrected chi connectivity index (χ1v) is 10.6. The van der Waals surface area contributed by atoms with Crippen LogP contribution in [0.1, 0.15) is 51.3 Å². The van der Waals surface area contributed by atoms with Crippen molar-refractivity contribution in [2.45, 2.75) is 45.8 Å². The quantitative estimate of drug-likeness (QED) is 0.519. The smallest absolute Gasteiger partial charge is 0.408 e. The van der Waals surface area contributed by atoms with Crippen molar-refractivity contribution in [2.24, 2.45) is 5.92 Å². The van der Waals surface area contributed by atoms with Gasteiger partial charge in [0.25, 0.3) is 0 Å². The summed E-state index contributed by atoms with van der Waals surface area (Å²) in [5.74, 6) is -0.635. The molecule has 2 rings (SSSR count). The minimum atomic E-state index is -0.624. The molecule has 2 atom stereocenters. The lowest BCUT2D eigenvalue weighted by molar-refractivity contribution is -0.118. The molecule has 1 aromatic heterocycles. The Bertz CT molecular complexity index is 1080. The molecule has 1 heterocycles. The highest BCUT2D eigenvalue weighted by atomic mass is 16.6. The van der Waals surface area contributed by atoms with Crippen molar-refractivity contribution in [1.82, 2.24) is 10.3 Å². The van der Waals surface area contributed by atoms with Crippen LogP contribution in [0.4, 0.5) is 10.5 Å². The second-order valence-corrected chi connectivity index (χ2v) is 8.62. The van der Waals surface area contributed by atoms with Crippen LogP contribution in [0.15, 0.2) is 62.0 Å². The number of alkyl carbamates (subject to hydrolysis) is 1. The van der Waals surface area contributed by atoms with E-state index in [1.165, 1.54) is 0 Å². The second kappa shape index (κ2) is 11.1. The van der Waals surface area contributed by atoms with Gasteiger partial charge in [-0.05, 0) is 51.0 Å². The maximum absolute atomic E-state index is 12.5. The van der Waals surface area contributed by atoms with Gasteiger partial charge in [0.2, 0.25) is 5.91 Å². The van der Waals surface area contributed by atoms with Crippen molar-refractivity contribution in [3.05, 3.63) is 73.1 Å². The van der Waals surface area contributed by atoms with Gasteiger partial charge >= 0.3 is 6.09 Å². The number of benzene rings is 1. The summed E-state index contributed by atoms with van der Waals surface area (Å²) in [5.41, 5.74) is 2.45. The molecule has 2 unspecified atom stereocenters. The molecule has 0 saturated heterocycles. The van der Waals surface area contributed by atoms with Crippen molar-refractivity contribution in [2.75, 3.05) is 5.32 Å². The van der Waals surface area contributed by atoms with Crippen LogP contribution in [0.25, 0.3) is 11.1 Å². The molecule has 7 nitrogen and oxygen atoms in total. The Hall–Kier alpha value is -3.92. The normalized spacial score (nSPS) is 12.6. The minimum absolute atomic E-state index is 0.235. The average molecular weight is 447 g/mol. The van der Waals surface area contributed by atoms with E-state index in [1.54, 1.807) is 70.4 Å². The van der Waals surface area contributed by atoms with Crippen molar-refractivity contribution in [3.63, 3.8) is 0 Å². The Kier molecular flexibility index (Phi) is 8.52. The highest BCUT2D eigenvalue weighted by Crippen LogP contribution is 2.31. The van der Waals surface area contributed by atoms with Gasteiger partial charge in [0.15, 0.2) is 0 Å². The second-order valence-electron chi connectivity index (χ2n) is 8.62. The van der Waals surface area contributed by atoms with Gasteiger partial charge < -0.3 is 15.4 Å². The molecule has 2 amide bonds. The molecule has 0 saturated carbocycles. The molecule has 33 heavy (non-hydrogen) atoms. The van der Waals surface area contributed by atoms with E-state index < -0.39 is 23.7 Å². The Balaban J connectivity index is 2.43. The minimum Gasteiger partial charge on any atom is -0.444 e. The lowest BCUT2D eigenvalue weighted by Gasteiger charge is -2.23. The van der Waals surface area contributed by atoms with Crippen LogP contribution in [0.2, 0.25) is 0 Å². The van der Waals surface area contributed by atoms with E-state index in [9.17, 15) is 14.9 Å². The van der Waals surface area contributed by atoms with Crippen LogP contribution < -0.4 is 10.6 Å². The monoisotopic (exact) mass is 446 g/mol. The van der Waals surface area contributed by atoms with Crippen molar-refractivity contribution >= 4 is 17.7 Å². The number of nitriles is 1. The number of anilines is 1. The number of amides is 2. The summed E-state index contributed by atoms with van der Waals surface area (Å²) >= 11 is 0. The van der Waals surface area contributed by atoms with Crippen LogP contribution in [0, 0.1) is 17.2 Å². The molecule has 172 valence electrons. The van der Waals surface area contributed by atoms with Crippen LogP contribution in [-0.4, -0.2) is 22.6 Å². The van der Waals surface area contributed by atoms with Crippen LogP contribution in [0.3, 0.4) is 0 Å². The number of rotatable bonds is 8. The number of ether oxygens (including phenoxy) is 1. The summed E-state index contributed by atoms with van der Waals surface area (Å²) in [6.07, 6.45) is 6.52. The first-order chi connectivity index (χ1) is 15.6. The number of hydrogen-bond donors (Lipinski definition) is 2. The van der Waals surface area contributed by atoms with E-state index in [0.717, 1.165) is 11.1 Å². The zero-order valence-electron chi connectivity index (χ0n) is 19.5. The number of aromatic nitrogens is 1. The summed E-state index contributed by atoms with van der Waals surface area (Å²) < 4.78 is 5.38. The highest BCUT2D eigenvalue weighted by Gasteiger charge is 2.21. The lowest BCUT2D eigenvalue weighted by Crippen LogP contribution is -2.34. The molecule has 0 aliphatic rings. The molecule has 2 aromatic rings. The molecular weight excluding hydrogens is 416 g/mol. The van der Waals surface area contributed by atoms with E-state index in [2.05, 4.69) is 34.8 Å². The maximum atomic E-state index is 12.5. The van der Waals surface area contributed by atoms with E-state index in [-0.39, 0.29) is 5.91 Å². The van der Waals surface area contributed by atoms with Gasteiger partial charge in [-0.25, -0.2) is 4.79 Å². The fourth-order valence-corrected chi connectivity index (χ4v) is 3.01. The van der Waals surface area contributed by atoms with E-state index >= 15 is 0 Å². The Morgan fingerprint density at radius 3 is 2.58 bits per heavy atom. The Morgan fingerprint density at radius 1 is 1.24 bits per heavy atom. The molecule has 0 aliphatic carbocycles. The number of hydrogen-bond acceptors (Lipinski definition) is 5. The molecule has 0 fully saturated rings. The van der Waals surface area contributed by atoms with E-state index in [1.807, 2.05) is 6.07 Å². The average Bonchev–Trinajstić information content (AvgIpc) is 2.76. The third-order valence-electron chi connectivity index (χ3n) is 4.74. The molecule has 0 bridgehead atoms. The van der Waals surface area contributed by atoms with Crippen LogP contribution in [0.5, 0.6) is 0 Å². The maximum Gasteiger partial charge on any atom is 0.408 e. The fourth-order valence-electron chi connectivity index (χ4n) is 3.01. The van der Waals surface area contributed by atoms with Crippen molar-refractivity contribution in [1.29, 1.82) is 5.26 Å². The molecule has 0 aliphatic heterocycles. The zero-order chi connectivity index (χ0) is 24.6. The van der Waals surface area contributed by atoms with Crippen molar-refractivity contribution in [3.8, 4) is 17.2 Å². The van der Waals surface area contributed by atoms with Crippen LogP contribution in [-0.2, 0) is 9.53 Å². The summed E-state index contributed by atoms with van der Waals surface area (Å²) in [6, 6.07) is 8.63. The number of pyridine rings is 1. The first kappa shape index (κ1) is 25.3. The summed E-state index contributed by atoms with van der Waals surface area (Å²) in [6.45, 7) is 14.6. The Morgan fingerprint density at radius 2 is 1.97 bits per heavy atom. The third-order valence-corrected chi connectivity index (χ3v) is 4.74. The van der Waals surface area contributed by atoms with Gasteiger partial charge in [-0.15, -0.1) is 13.2 Å². The number of carbonyl (C=O) groups is 2. The molecule has 2 N–H and O–H groups in total. The van der Waals surface area contributed by atoms with Gasteiger partial charge in [0, 0.05) is 29.2 Å². The SMILES string of the molecule is C=CCC(NC(=O)OC(C)(C)C)c1cncc(-c2ccc(C#N)cc2NC(=O)C(C)C=C)c1.